The van der Waals surface area contributed by atoms with E-state index >= 15 is 0 Å². The first kappa shape index (κ1) is 33.3. The topological polar surface area (TPSA) is 144 Å². The normalized spacial score (nSPS) is 58.8. The molecule has 7 unspecified atom stereocenters. The van der Waals surface area contributed by atoms with Crippen LogP contribution in [0.4, 0.5) is 0 Å². The number of esters is 1. The van der Waals surface area contributed by atoms with Gasteiger partial charge >= 0.3 is 5.97 Å². The number of fused-ring (bicyclic) bond motifs is 4. The van der Waals surface area contributed by atoms with E-state index in [0.29, 0.717) is 11.8 Å². The van der Waals surface area contributed by atoms with Gasteiger partial charge in [-0.3, -0.25) is 4.79 Å². The smallest absolute Gasteiger partial charge is 0.303 e. The van der Waals surface area contributed by atoms with Crippen molar-refractivity contribution >= 4 is 5.97 Å². The van der Waals surface area contributed by atoms with Gasteiger partial charge in [0, 0.05) is 18.3 Å². The van der Waals surface area contributed by atoms with Gasteiger partial charge in [0.05, 0.1) is 18.8 Å². The van der Waals surface area contributed by atoms with Crippen molar-refractivity contribution in [1.29, 1.82) is 0 Å². The third-order valence-corrected chi connectivity index (χ3v) is 16.3. The Labute approximate surface area is 279 Å². The van der Waals surface area contributed by atoms with Crippen molar-refractivity contribution in [3.05, 3.63) is 0 Å². The molecule has 266 valence electrons. The van der Waals surface area contributed by atoms with E-state index < -0.39 is 53.6 Å². The number of hydrogen-bond acceptors (Lipinski definition) is 10. The maximum Gasteiger partial charge on any atom is 0.303 e. The van der Waals surface area contributed by atoms with E-state index in [1.165, 1.54) is 6.92 Å². The van der Waals surface area contributed by atoms with Crippen LogP contribution in [-0.2, 0) is 28.5 Å². The van der Waals surface area contributed by atoms with E-state index in [4.69, 9.17) is 23.7 Å². The maximum absolute atomic E-state index is 12.8. The van der Waals surface area contributed by atoms with Crippen molar-refractivity contribution in [2.24, 2.45) is 50.7 Å². The number of carbonyl (C=O) groups excluding carboxylic acids is 1. The quantitative estimate of drug-likeness (QED) is 0.260. The maximum atomic E-state index is 12.8. The minimum atomic E-state index is -1.29. The highest BCUT2D eigenvalue weighted by molar-refractivity contribution is 5.66. The first-order valence-corrected chi connectivity index (χ1v) is 18.4. The molecule has 3 aliphatic heterocycles. The summed E-state index contributed by atoms with van der Waals surface area (Å²) in [5, 5.41) is 43.7. The van der Waals surface area contributed by atoms with Crippen molar-refractivity contribution in [2.45, 2.75) is 167 Å². The first-order chi connectivity index (χ1) is 21.8. The highest BCUT2D eigenvalue weighted by Crippen LogP contribution is 2.90. The zero-order valence-corrected chi connectivity index (χ0v) is 29.5. The van der Waals surface area contributed by atoms with Gasteiger partial charge in [-0.25, -0.2) is 0 Å². The fourth-order valence-corrected chi connectivity index (χ4v) is 14.4. The lowest BCUT2D eigenvalue weighted by molar-refractivity contribution is -0.303. The molecule has 2 bridgehead atoms. The lowest BCUT2D eigenvalue weighted by Crippen LogP contribution is -2.61. The van der Waals surface area contributed by atoms with Crippen LogP contribution in [0.1, 0.15) is 107 Å². The molecule has 8 rings (SSSR count). The predicted octanol–water partition coefficient (Wildman–Crippen LogP) is 3.69. The Balaban J connectivity index is 1.09. The standard InChI is InChI=1S/C37H58O10/c1-18-15-21-28(32(5,6)45-19(2)38)47-37(46-21)27(18)33(7)13-14-36-17-35(36)12-11-24(44-29-26(41)25(40)20(39)16-43-29)31(3,4)22(35)9-10-23(36)34(33,8)30(37)42/h18,20-30,39-42H,9-17H2,1-8H3/t18?,20-,21?,22?,23?,24+,25+,26-,27-,28+,29+,30?,33-,34?,35-,36+,37?/m1/s1. The summed E-state index contributed by atoms with van der Waals surface area (Å²) < 4.78 is 31.9. The number of aliphatic hydroxyl groups excluding tert-OH is 4. The van der Waals surface area contributed by atoms with Crippen LogP contribution in [0.3, 0.4) is 0 Å². The Morgan fingerprint density at radius 2 is 1.57 bits per heavy atom. The Hall–Kier alpha value is -0.850. The summed E-state index contributed by atoms with van der Waals surface area (Å²) in [6.07, 6.45) is 1.72. The molecule has 3 heterocycles. The summed E-state index contributed by atoms with van der Waals surface area (Å²) in [6.45, 7) is 16.8. The molecule has 0 aromatic heterocycles. The molecule has 47 heavy (non-hydrogen) atoms. The molecule has 5 aliphatic carbocycles. The monoisotopic (exact) mass is 662 g/mol. The molecule has 0 aromatic carbocycles. The SMILES string of the molecule is CC(=O)OC(C)(C)[C@H]1OC23OC1CC(C)[C@@H]2[C@@]1(C)CC[C@@]24C[C@@]25CC[C@H](O[C@@H]2OC[C@@H](O)[C@H](O)[C@H]2O)C(C)(C)C5CCC4C1(C)C3O. The van der Waals surface area contributed by atoms with Gasteiger partial charge in [-0.1, -0.05) is 34.6 Å². The molecule has 0 aromatic rings. The molecule has 0 radical (unpaired) electrons. The average molecular weight is 663 g/mol. The predicted molar refractivity (Wildman–Crippen MR) is 168 cm³/mol. The van der Waals surface area contributed by atoms with E-state index in [0.717, 1.165) is 51.4 Å². The minimum Gasteiger partial charge on any atom is -0.457 e. The largest absolute Gasteiger partial charge is 0.457 e. The summed E-state index contributed by atoms with van der Waals surface area (Å²) >= 11 is 0. The molecule has 17 atom stereocenters. The molecule has 8 aliphatic rings. The van der Waals surface area contributed by atoms with Crippen molar-refractivity contribution in [3.8, 4) is 0 Å². The first-order valence-electron chi connectivity index (χ1n) is 18.4. The van der Waals surface area contributed by atoms with Gasteiger partial charge in [0.15, 0.2) is 12.1 Å². The van der Waals surface area contributed by atoms with Crippen LogP contribution in [0.2, 0.25) is 0 Å². The lowest BCUT2D eigenvalue weighted by atomic mass is 9.41. The van der Waals surface area contributed by atoms with Crippen LogP contribution in [0.25, 0.3) is 0 Å². The minimum absolute atomic E-state index is 0.0329. The zero-order valence-electron chi connectivity index (χ0n) is 29.5. The van der Waals surface area contributed by atoms with Gasteiger partial charge in [-0.15, -0.1) is 0 Å². The summed E-state index contributed by atoms with van der Waals surface area (Å²) in [6, 6.07) is 0. The molecule has 3 spiro atoms. The molecular formula is C37H58O10. The van der Waals surface area contributed by atoms with Crippen molar-refractivity contribution in [1.82, 2.24) is 0 Å². The van der Waals surface area contributed by atoms with Gasteiger partial charge < -0.3 is 44.1 Å². The van der Waals surface area contributed by atoms with Crippen molar-refractivity contribution in [2.75, 3.05) is 6.61 Å². The Kier molecular flexibility index (Phi) is 7.03. The van der Waals surface area contributed by atoms with E-state index in [1.54, 1.807) is 0 Å². The van der Waals surface area contributed by atoms with E-state index in [9.17, 15) is 25.2 Å². The van der Waals surface area contributed by atoms with Crippen LogP contribution in [0.15, 0.2) is 0 Å². The third-order valence-electron chi connectivity index (χ3n) is 16.3. The van der Waals surface area contributed by atoms with Gasteiger partial charge in [0.2, 0.25) is 0 Å². The van der Waals surface area contributed by atoms with Gasteiger partial charge in [-0.05, 0) is 105 Å². The van der Waals surface area contributed by atoms with Crippen LogP contribution in [0, 0.1) is 50.7 Å². The molecule has 10 heteroatoms. The van der Waals surface area contributed by atoms with E-state index in [1.807, 2.05) is 13.8 Å². The summed E-state index contributed by atoms with van der Waals surface area (Å²) in [5.74, 6) is -0.402. The number of ether oxygens (including phenoxy) is 5. The second kappa shape index (κ2) is 9.93. The highest BCUT2D eigenvalue weighted by Gasteiger charge is 2.88. The second-order valence-corrected chi connectivity index (χ2v) is 18.8. The van der Waals surface area contributed by atoms with Crippen molar-refractivity contribution < 1.29 is 48.9 Å². The second-order valence-electron chi connectivity index (χ2n) is 18.8. The third kappa shape index (κ3) is 3.88. The Morgan fingerprint density at radius 1 is 0.894 bits per heavy atom. The van der Waals surface area contributed by atoms with Gasteiger partial charge in [0.1, 0.15) is 36.1 Å². The molecule has 4 N–H and O–H groups in total. The molecule has 5 saturated carbocycles. The summed E-state index contributed by atoms with van der Waals surface area (Å²) in [4.78, 5) is 12.1. The van der Waals surface area contributed by atoms with E-state index in [-0.39, 0.29) is 58.3 Å². The summed E-state index contributed by atoms with van der Waals surface area (Å²) in [7, 11) is 0. The van der Waals surface area contributed by atoms with Gasteiger partial charge in [0.25, 0.3) is 0 Å². The highest BCUT2D eigenvalue weighted by atomic mass is 16.8. The number of carbonyl (C=O) groups is 1. The van der Waals surface area contributed by atoms with Crippen LogP contribution in [-0.4, -0.2) is 93.4 Å². The fraction of sp³-hybridized carbons (Fsp3) is 0.973. The molecular weight excluding hydrogens is 604 g/mol. The number of hydrogen-bond donors (Lipinski definition) is 4. The zero-order chi connectivity index (χ0) is 33.9. The Morgan fingerprint density at radius 3 is 2.28 bits per heavy atom. The molecule has 3 saturated heterocycles. The van der Waals surface area contributed by atoms with Crippen LogP contribution >= 0.6 is 0 Å². The molecule has 8 fully saturated rings. The van der Waals surface area contributed by atoms with Crippen LogP contribution < -0.4 is 0 Å². The van der Waals surface area contributed by atoms with Crippen LogP contribution in [0.5, 0.6) is 0 Å². The van der Waals surface area contributed by atoms with Crippen molar-refractivity contribution in [3.63, 3.8) is 0 Å². The van der Waals surface area contributed by atoms with E-state index in [2.05, 4.69) is 34.6 Å². The molecule has 0 amide bonds. The lowest BCUT2D eigenvalue weighted by Gasteiger charge is -2.63. The van der Waals surface area contributed by atoms with Gasteiger partial charge in [-0.2, -0.15) is 0 Å². The molecule has 10 nitrogen and oxygen atoms in total. The Bertz CT molecular complexity index is 1320. The number of aliphatic hydroxyl groups is 4. The summed E-state index contributed by atoms with van der Waals surface area (Å²) in [5.41, 5.74) is -1.36. The fourth-order valence-electron chi connectivity index (χ4n) is 14.4. The number of rotatable bonds is 4. The average Bonchev–Trinajstić information content (AvgIpc) is 3.49.